The van der Waals surface area contributed by atoms with Crippen molar-refractivity contribution in [2.75, 3.05) is 39.3 Å². The number of aliphatic hydroxyl groups excluding tert-OH is 2. The number of hydrogen-bond acceptors (Lipinski definition) is 9. The summed E-state index contributed by atoms with van der Waals surface area (Å²) in [5, 5.41) is 31.4. The van der Waals surface area contributed by atoms with Crippen molar-refractivity contribution in [2.24, 2.45) is 0 Å². The van der Waals surface area contributed by atoms with Crippen LogP contribution >= 0.6 is 11.3 Å². The summed E-state index contributed by atoms with van der Waals surface area (Å²) in [5.41, 5.74) is 1.12. The number of likely N-dealkylation sites (tertiary alicyclic amines) is 1. The van der Waals surface area contributed by atoms with Crippen LogP contribution in [0.2, 0.25) is 0 Å². The van der Waals surface area contributed by atoms with Crippen LogP contribution in [0.15, 0.2) is 16.8 Å². The van der Waals surface area contributed by atoms with E-state index in [1.165, 1.54) is 4.90 Å². The highest BCUT2D eigenvalue weighted by Crippen LogP contribution is 2.28. The van der Waals surface area contributed by atoms with Gasteiger partial charge in [0.25, 0.3) is 0 Å². The molecule has 0 aliphatic carbocycles. The van der Waals surface area contributed by atoms with Crippen molar-refractivity contribution >= 4 is 29.2 Å². The molecule has 4 aliphatic rings. The van der Waals surface area contributed by atoms with Crippen LogP contribution in [0.4, 0.5) is 4.79 Å². The first-order chi connectivity index (χ1) is 18.7. The second kappa shape index (κ2) is 12.1. The normalized spacial score (nSPS) is 34.4. The summed E-state index contributed by atoms with van der Waals surface area (Å²) in [5.74, 6) is -0.316. The fraction of sp³-hybridized carbons (Fsp3) is 0.731. The molecule has 4 N–H and O–H groups in total. The van der Waals surface area contributed by atoms with Gasteiger partial charge in [0.15, 0.2) is 0 Å². The number of nitrogens with zero attached hydrogens (tertiary/aromatic N) is 3. The Bertz CT molecular complexity index is 1030. The fourth-order valence-corrected chi connectivity index (χ4v) is 6.61. The van der Waals surface area contributed by atoms with E-state index >= 15 is 0 Å². The van der Waals surface area contributed by atoms with Crippen molar-refractivity contribution in [3.05, 3.63) is 22.4 Å². The maximum atomic E-state index is 13.8. The van der Waals surface area contributed by atoms with Gasteiger partial charge in [-0.3, -0.25) is 14.5 Å². The van der Waals surface area contributed by atoms with Gasteiger partial charge in [-0.2, -0.15) is 11.3 Å². The summed E-state index contributed by atoms with van der Waals surface area (Å²) in [4.78, 5) is 45.3. The van der Waals surface area contributed by atoms with Crippen LogP contribution in [-0.2, 0) is 25.6 Å². The van der Waals surface area contributed by atoms with Crippen molar-refractivity contribution < 1.29 is 34.1 Å². The molecular weight excluding hydrogens is 526 g/mol. The van der Waals surface area contributed by atoms with Crippen LogP contribution < -0.4 is 10.6 Å². The molecule has 1 aromatic heterocycles. The van der Waals surface area contributed by atoms with Crippen LogP contribution in [0.25, 0.3) is 0 Å². The van der Waals surface area contributed by atoms with E-state index in [4.69, 9.17) is 9.47 Å². The minimum Gasteiger partial charge on any atom is -0.388 e. The Morgan fingerprint density at radius 3 is 2.72 bits per heavy atom. The van der Waals surface area contributed by atoms with Gasteiger partial charge < -0.3 is 40.1 Å². The predicted molar refractivity (Wildman–Crippen MR) is 142 cm³/mol. The van der Waals surface area contributed by atoms with Crippen LogP contribution in [0.1, 0.15) is 32.3 Å². The second-order valence-corrected chi connectivity index (χ2v) is 12.0. The summed E-state index contributed by atoms with van der Waals surface area (Å²) in [6, 6.07) is 0.927. The van der Waals surface area contributed by atoms with Crippen molar-refractivity contribution in [1.29, 1.82) is 0 Å². The molecule has 0 spiro atoms. The highest BCUT2D eigenvalue weighted by Gasteiger charge is 2.46. The van der Waals surface area contributed by atoms with Gasteiger partial charge in [0, 0.05) is 38.3 Å². The zero-order valence-electron chi connectivity index (χ0n) is 22.4. The number of amides is 4. The van der Waals surface area contributed by atoms with Crippen LogP contribution in [0.5, 0.6) is 0 Å². The van der Waals surface area contributed by atoms with Gasteiger partial charge in [-0.1, -0.05) is 0 Å². The largest absolute Gasteiger partial charge is 0.388 e. The Balaban J connectivity index is 1.41. The first kappa shape index (κ1) is 28.2. The molecular formula is C26H39N5O7S. The second-order valence-electron chi connectivity index (χ2n) is 11.3. The molecule has 0 aromatic carbocycles. The first-order valence-corrected chi connectivity index (χ1v) is 14.6. The minimum atomic E-state index is -1.26. The number of rotatable bonds is 3. The van der Waals surface area contributed by atoms with Crippen LogP contribution in [0, 0.1) is 0 Å². The molecule has 4 fully saturated rings. The molecule has 4 amide bonds. The Morgan fingerprint density at radius 1 is 1.18 bits per heavy atom. The fourth-order valence-electron chi connectivity index (χ4n) is 5.95. The van der Waals surface area contributed by atoms with Crippen molar-refractivity contribution in [3.63, 3.8) is 0 Å². The monoisotopic (exact) mass is 565 g/mol. The van der Waals surface area contributed by atoms with Gasteiger partial charge >= 0.3 is 6.03 Å². The minimum absolute atomic E-state index is 0.00236. The molecule has 5 rings (SSSR count). The lowest BCUT2D eigenvalue weighted by Crippen LogP contribution is -2.56. The van der Waals surface area contributed by atoms with Crippen molar-refractivity contribution in [2.45, 2.75) is 81.9 Å². The molecule has 216 valence electrons. The molecule has 4 saturated heterocycles. The number of hydrogen-bond donors (Lipinski definition) is 4. The number of nitrogens with one attached hydrogen (secondary N) is 2. The molecule has 0 radical (unpaired) electrons. The van der Waals surface area contributed by atoms with E-state index in [0.717, 1.165) is 5.56 Å². The third-order valence-corrected chi connectivity index (χ3v) is 8.57. The molecule has 0 unspecified atom stereocenters. The van der Waals surface area contributed by atoms with Crippen LogP contribution in [-0.4, -0.2) is 131 Å². The lowest BCUT2D eigenvalue weighted by Gasteiger charge is -2.38. The number of fused-ring (bicyclic) bond motifs is 6. The number of thiophene rings is 1. The lowest BCUT2D eigenvalue weighted by molar-refractivity contribution is -0.144. The van der Waals surface area contributed by atoms with Gasteiger partial charge in [0.1, 0.15) is 18.3 Å². The lowest BCUT2D eigenvalue weighted by atomic mass is 10.0. The number of carbonyl (C=O) groups excluding carboxylic acids is 3. The molecule has 4 aliphatic heterocycles. The van der Waals surface area contributed by atoms with Crippen molar-refractivity contribution in [3.8, 4) is 0 Å². The first-order valence-electron chi connectivity index (χ1n) is 13.7. The van der Waals surface area contributed by atoms with Crippen LogP contribution in [0.3, 0.4) is 0 Å². The van der Waals surface area contributed by atoms with E-state index in [1.54, 1.807) is 16.2 Å². The zero-order valence-corrected chi connectivity index (χ0v) is 23.2. The number of carbonyl (C=O) groups is 3. The summed E-state index contributed by atoms with van der Waals surface area (Å²) in [6.07, 6.45) is -4.38. The Morgan fingerprint density at radius 2 is 1.97 bits per heavy atom. The van der Waals surface area contributed by atoms with Gasteiger partial charge in [0.05, 0.1) is 44.4 Å². The average Bonchev–Trinajstić information content (AvgIpc) is 3.60. The van der Waals surface area contributed by atoms with Gasteiger partial charge in [-0.05, 0) is 42.7 Å². The number of morpholine rings is 1. The molecule has 12 nitrogen and oxygen atoms in total. The predicted octanol–water partition coefficient (Wildman–Crippen LogP) is -0.652. The summed E-state index contributed by atoms with van der Waals surface area (Å²) >= 11 is 1.60. The van der Waals surface area contributed by atoms with E-state index in [-0.39, 0.29) is 49.4 Å². The third-order valence-electron chi connectivity index (χ3n) is 7.84. The molecule has 5 heterocycles. The van der Waals surface area contributed by atoms with Gasteiger partial charge in [-0.15, -0.1) is 0 Å². The molecule has 39 heavy (non-hydrogen) atoms. The summed E-state index contributed by atoms with van der Waals surface area (Å²) in [6.45, 7) is 6.12. The molecule has 1 aromatic rings. The van der Waals surface area contributed by atoms with Crippen molar-refractivity contribution in [1.82, 2.24) is 25.3 Å². The van der Waals surface area contributed by atoms with Gasteiger partial charge in [-0.25, -0.2) is 4.79 Å². The molecule has 0 saturated carbocycles. The Hall–Kier alpha value is -2.29. The highest BCUT2D eigenvalue weighted by atomic mass is 32.1. The average molecular weight is 566 g/mol. The zero-order chi connectivity index (χ0) is 27.7. The van der Waals surface area contributed by atoms with E-state index in [9.17, 15) is 24.6 Å². The quantitative estimate of drug-likeness (QED) is 0.379. The third kappa shape index (κ3) is 6.55. The summed E-state index contributed by atoms with van der Waals surface area (Å²) < 4.78 is 11.9. The SMILES string of the molecule is CC(C)NC(=O)N1C[C@@H]2CN(CCO2)C(=O)[C@@H]2C[C@@H](CN2Cc2ccsc2)NC(=O)C[C@@H]2O[C@H](C1)[C@@H](O)[C@H]2O. The van der Waals surface area contributed by atoms with E-state index in [1.807, 2.05) is 25.3 Å². The number of aliphatic hydroxyl groups is 2. The summed E-state index contributed by atoms with van der Waals surface area (Å²) in [7, 11) is 0. The van der Waals surface area contributed by atoms with Gasteiger partial charge in [0.2, 0.25) is 11.8 Å². The maximum Gasteiger partial charge on any atom is 0.317 e. The Labute approximate surface area is 232 Å². The maximum absolute atomic E-state index is 13.8. The number of urea groups is 1. The Kier molecular flexibility index (Phi) is 8.74. The molecule has 13 heteroatoms. The smallest absolute Gasteiger partial charge is 0.317 e. The van der Waals surface area contributed by atoms with E-state index < -0.39 is 36.6 Å². The molecule has 7 atom stereocenters. The topological polar surface area (TPSA) is 144 Å². The van der Waals surface area contributed by atoms with E-state index in [2.05, 4.69) is 20.9 Å². The molecule has 6 bridgehead atoms. The van der Waals surface area contributed by atoms with E-state index in [0.29, 0.717) is 39.2 Å². The highest BCUT2D eigenvalue weighted by molar-refractivity contribution is 7.07. The standard InChI is InChI=1S/C26H39N5O7S/c1-15(2)27-26(36)31-12-18-11-29(4-5-37-18)25(35)19-7-17(10-30(19)9-16-3-6-39-14-16)28-22(32)8-20-23(33)24(34)21(13-31)38-20/h3,6,14-15,17-21,23-24,33-34H,4-5,7-13H2,1-2H3,(H,27,36)(H,28,32)/t17-,18-,19-,20-,21+,23-,24+/m0/s1. The number of ether oxygens (including phenoxy) is 2.